The Labute approximate surface area is 129 Å². The van der Waals surface area contributed by atoms with Crippen LogP contribution in [0.4, 0.5) is 0 Å². The SMILES string of the molecule is CNC(=O)CN1CCC(NC(=O)C2(C)CC2(Cl)Cl)CC1. The number of hydrogen-bond acceptors (Lipinski definition) is 3. The monoisotopic (exact) mass is 321 g/mol. The average Bonchev–Trinajstić information content (AvgIpc) is 2.92. The Morgan fingerprint density at radius 2 is 1.85 bits per heavy atom. The number of nitrogens with zero attached hydrogens (tertiary/aromatic N) is 1. The fourth-order valence-corrected chi connectivity index (χ4v) is 3.21. The smallest absolute Gasteiger partial charge is 0.233 e. The van der Waals surface area contributed by atoms with E-state index in [1.54, 1.807) is 14.0 Å². The molecule has 1 aliphatic carbocycles. The van der Waals surface area contributed by atoms with Gasteiger partial charge in [-0.1, -0.05) is 0 Å². The summed E-state index contributed by atoms with van der Waals surface area (Å²) in [5, 5.41) is 5.64. The highest BCUT2D eigenvalue weighted by molar-refractivity contribution is 6.53. The van der Waals surface area contributed by atoms with E-state index in [4.69, 9.17) is 23.2 Å². The van der Waals surface area contributed by atoms with Crippen LogP contribution in [0.25, 0.3) is 0 Å². The molecule has 2 rings (SSSR count). The maximum atomic E-state index is 12.2. The van der Waals surface area contributed by atoms with Crippen LogP contribution in [0.15, 0.2) is 0 Å². The average molecular weight is 322 g/mol. The number of likely N-dealkylation sites (tertiary alicyclic amines) is 1. The quantitative estimate of drug-likeness (QED) is 0.756. The van der Waals surface area contributed by atoms with Crippen LogP contribution in [0.1, 0.15) is 26.2 Å². The lowest BCUT2D eigenvalue weighted by molar-refractivity contribution is -0.127. The van der Waals surface area contributed by atoms with Crippen molar-refractivity contribution < 1.29 is 9.59 Å². The molecule has 5 nitrogen and oxygen atoms in total. The maximum Gasteiger partial charge on any atom is 0.233 e. The predicted molar refractivity (Wildman–Crippen MR) is 78.8 cm³/mol. The largest absolute Gasteiger partial charge is 0.358 e. The third-order valence-corrected chi connectivity index (χ3v) is 5.43. The highest BCUT2D eigenvalue weighted by Crippen LogP contribution is 2.63. The Kier molecular flexibility index (Phi) is 4.52. The maximum absolute atomic E-state index is 12.2. The molecule has 0 aromatic carbocycles. The number of halogens is 2. The molecular weight excluding hydrogens is 301 g/mol. The van der Waals surface area contributed by atoms with Crippen LogP contribution in [0.3, 0.4) is 0 Å². The van der Waals surface area contributed by atoms with Crippen molar-refractivity contribution >= 4 is 35.0 Å². The van der Waals surface area contributed by atoms with Gasteiger partial charge in [0.05, 0.1) is 12.0 Å². The minimum absolute atomic E-state index is 0.0204. The van der Waals surface area contributed by atoms with Crippen LogP contribution in [-0.2, 0) is 9.59 Å². The molecule has 2 aliphatic rings. The fourth-order valence-electron chi connectivity index (χ4n) is 2.51. The standard InChI is InChI=1S/C13H21Cl2N3O2/c1-12(8-13(12,14)15)11(20)17-9-3-5-18(6-4-9)7-10(19)16-2/h9H,3-8H2,1-2H3,(H,16,19)(H,17,20). The van der Waals surface area contributed by atoms with Gasteiger partial charge in [0.1, 0.15) is 4.33 Å². The van der Waals surface area contributed by atoms with Crippen molar-refractivity contribution in [2.45, 2.75) is 36.6 Å². The van der Waals surface area contributed by atoms with Gasteiger partial charge in [-0.05, 0) is 26.2 Å². The van der Waals surface area contributed by atoms with Crippen LogP contribution < -0.4 is 10.6 Å². The zero-order valence-electron chi connectivity index (χ0n) is 11.8. The normalized spacial score (nSPS) is 29.8. The molecule has 1 saturated heterocycles. The number of nitrogens with one attached hydrogen (secondary N) is 2. The molecule has 1 saturated carbocycles. The lowest BCUT2D eigenvalue weighted by Crippen LogP contribution is -2.48. The van der Waals surface area contributed by atoms with Crippen molar-refractivity contribution in [1.82, 2.24) is 15.5 Å². The van der Waals surface area contributed by atoms with Crippen LogP contribution in [-0.4, -0.2) is 53.8 Å². The Balaban J connectivity index is 1.75. The van der Waals surface area contributed by atoms with Gasteiger partial charge in [0.2, 0.25) is 11.8 Å². The molecule has 2 amide bonds. The summed E-state index contributed by atoms with van der Waals surface area (Å²) in [6.07, 6.45) is 2.19. The van der Waals surface area contributed by atoms with Crippen molar-refractivity contribution in [1.29, 1.82) is 0 Å². The number of carbonyl (C=O) groups excluding carboxylic acids is 2. The highest BCUT2D eigenvalue weighted by Gasteiger charge is 2.68. The van der Waals surface area contributed by atoms with Gasteiger partial charge in [0.25, 0.3) is 0 Å². The Morgan fingerprint density at radius 1 is 1.30 bits per heavy atom. The molecule has 0 bridgehead atoms. The molecular formula is C13H21Cl2N3O2. The van der Waals surface area contributed by atoms with E-state index in [0.717, 1.165) is 25.9 Å². The lowest BCUT2D eigenvalue weighted by atomic mass is 10.0. The van der Waals surface area contributed by atoms with Crippen LogP contribution >= 0.6 is 23.2 Å². The third-order valence-electron chi connectivity index (χ3n) is 4.33. The van der Waals surface area contributed by atoms with Crippen LogP contribution in [0, 0.1) is 5.41 Å². The molecule has 1 aliphatic heterocycles. The molecule has 0 aromatic heterocycles. The second-order valence-corrected chi connectivity index (χ2v) is 7.39. The molecule has 1 atom stereocenters. The zero-order chi connectivity index (χ0) is 15.0. The van der Waals surface area contributed by atoms with E-state index < -0.39 is 9.75 Å². The molecule has 2 fully saturated rings. The van der Waals surface area contributed by atoms with E-state index in [1.165, 1.54) is 0 Å². The molecule has 0 spiro atoms. The first-order chi connectivity index (χ1) is 9.28. The molecule has 114 valence electrons. The molecule has 1 unspecified atom stereocenters. The van der Waals surface area contributed by atoms with Gasteiger partial charge in [-0.15, -0.1) is 23.2 Å². The summed E-state index contributed by atoms with van der Waals surface area (Å²) >= 11 is 12.0. The lowest BCUT2D eigenvalue weighted by Gasteiger charge is -2.32. The Bertz CT molecular complexity index is 408. The summed E-state index contributed by atoms with van der Waals surface area (Å²) in [5.41, 5.74) is -0.657. The molecule has 20 heavy (non-hydrogen) atoms. The molecule has 7 heteroatoms. The number of rotatable bonds is 4. The number of amides is 2. The van der Waals surface area contributed by atoms with E-state index >= 15 is 0 Å². The summed E-state index contributed by atoms with van der Waals surface area (Å²) in [6, 6.07) is 0.144. The van der Waals surface area contributed by atoms with Crippen molar-refractivity contribution in [2.24, 2.45) is 5.41 Å². The summed E-state index contributed by atoms with van der Waals surface area (Å²) in [7, 11) is 1.64. The Morgan fingerprint density at radius 3 is 2.30 bits per heavy atom. The highest BCUT2D eigenvalue weighted by atomic mass is 35.5. The van der Waals surface area contributed by atoms with E-state index in [9.17, 15) is 9.59 Å². The molecule has 1 heterocycles. The number of alkyl halides is 2. The van der Waals surface area contributed by atoms with Crippen LogP contribution in [0.5, 0.6) is 0 Å². The summed E-state index contributed by atoms with van der Waals surface area (Å²) in [5.74, 6) is -0.0423. The van der Waals surface area contributed by atoms with Gasteiger partial charge in [-0.25, -0.2) is 0 Å². The molecule has 0 radical (unpaired) electrons. The first kappa shape index (κ1) is 15.9. The van der Waals surface area contributed by atoms with E-state index in [2.05, 4.69) is 15.5 Å². The molecule has 0 aromatic rings. The number of hydrogen-bond donors (Lipinski definition) is 2. The van der Waals surface area contributed by atoms with Crippen LogP contribution in [0.2, 0.25) is 0 Å². The summed E-state index contributed by atoms with van der Waals surface area (Å²) in [4.78, 5) is 25.5. The second-order valence-electron chi connectivity index (χ2n) is 5.91. The van der Waals surface area contributed by atoms with E-state index in [1.807, 2.05) is 0 Å². The number of carbonyl (C=O) groups is 2. The van der Waals surface area contributed by atoms with E-state index in [-0.39, 0.29) is 17.9 Å². The third kappa shape index (κ3) is 3.21. The Hall–Kier alpha value is -0.520. The van der Waals surface area contributed by atoms with Crippen molar-refractivity contribution in [3.05, 3.63) is 0 Å². The van der Waals surface area contributed by atoms with Gasteiger partial charge in [-0.3, -0.25) is 14.5 Å². The first-order valence-electron chi connectivity index (χ1n) is 6.90. The second kappa shape index (κ2) is 5.70. The summed E-state index contributed by atoms with van der Waals surface area (Å²) in [6.45, 7) is 3.83. The minimum atomic E-state index is -0.920. The first-order valence-corrected chi connectivity index (χ1v) is 7.66. The van der Waals surface area contributed by atoms with Gasteiger partial charge < -0.3 is 10.6 Å². The number of likely N-dealkylation sites (N-methyl/N-ethyl adjacent to an activating group) is 1. The summed E-state index contributed by atoms with van der Waals surface area (Å²) < 4.78 is -0.920. The van der Waals surface area contributed by atoms with Gasteiger partial charge >= 0.3 is 0 Å². The fraction of sp³-hybridized carbons (Fsp3) is 0.846. The van der Waals surface area contributed by atoms with Crippen molar-refractivity contribution in [2.75, 3.05) is 26.7 Å². The van der Waals surface area contributed by atoms with Gasteiger partial charge in [0, 0.05) is 26.2 Å². The van der Waals surface area contributed by atoms with Gasteiger partial charge in [-0.2, -0.15) is 0 Å². The predicted octanol–water partition coefficient (Wildman–Crippen LogP) is 0.897. The van der Waals surface area contributed by atoms with Crippen molar-refractivity contribution in [3.8, 4) is 0 Å². The van der Waals surface area contributed by atoms with Crippen molar-refractivity contribution in [3.63, 3.8) is 0 Å². The van der Waals surface area contributed by atoms with E-state index in [0.29, 0.717) is 13.0 Å². The minimum Gasteiger partial charge on any atom is -0.358 e. The van der Waals surface area contributed by atoms with Gasteiger partial charge in [0.15, 0.2) is 0 Å². The topological polar surface area (TPSA) is 61.4 Å². The molecule has 2 N–H and O–H groups in total. The zero-order valence-corrected chi connectivity index (χ0v) is 13.4. The number of piperidine rings is 1.